The van der Waals surface area contributed by atoms with Crippen LogP contribution in [0.25, 0.3) is 0 Å². The van der Waals surface area contributed by atoms with Crippen molar-refractivity contribution in [1.82, 2.24) is 0 Å². The van der Waals surface area contributed by atoms with Crippen LogP contribution >= 0.6 is 0 Å². The normalized spacial score (nSPS) is 24.3. The summed E-state index contributed by atoms with van der Waals surface area (Å²) in [6.07, 6.45) is 4.75. The summed E-state index contributed by atoms with van der Waals surface area (Å²) in [5, 5.41) is 9.47. The highest BCUT2D eigenvalue weighted by Crippen LogP contribution is 2.35. The third-order valence-corrected chi connectivity index (χ3v) is 2.23. The molecule has 1 rings (SSSR count). The Bertz CT molecular complexity index is 108. The molecule has 2 heteroatoms. The Morgan fingerprint density at radius 2 is 2.20 bits per heavy atom. The van der Waals surface area contributed by atoms with Crippen molar-refractivity contribution in [2.75, 3.05) is 6.54 Å². The van der Waals surface area contributed by atoms with Crippen molar-refractivity contribution in [2.24, 2.45) is 11.7 Å². The number of hydrogen-bond donors (Lipinski definition) is 2. The molecule has 0 bridgehead atoms. The molecule has 0 radical (unpaired) electrons. The standard InChI is InChI=1S/C8H17NO/c1-8(10,6-9)5-4-7-2-3-7/h7,10H,2-6,9H2,1H3. The van der Waals surface area contributed by atoms with Crippen LogP contribution in [0.2, 0.25) is 0 Å². The smallest absolute Gasteiger partial charge is 0.0741 e. The van der Waals surface area contributed by atoms with E-state index in [-0.39, 0.29) is 0 Å². The highest BCUT2D eigenvalue weighted by atomic mass is 16.3. The Morgan fingerprint density at radius 1 is 1.60 bits per heavy atom. The van der Waals surface area contributed by atoms with Gasteiger partial charge in [-0.3, -0.25) is 0 Å². The van der Waals surface area contributed by atoms with Gasteiger partial charge in [0.15, 0.2) is 0 Å². The maximum atomic E-state index is 9.47. The summed E-state index contributed by atoms with van der Waals surface area (Å²) in [7, 11) is 0. The molecule has 0 saturated heterocycles. The third-order valence-electron chi connectivity index (χ3n) is 2.23. The molecular formula is C8H17NO. The van der Waals surface area contributed by atoms with Crippen LogP contribution in [0.3, 0.4) is 0 Å². The molecule has 1 aliphatic rings. The predicted octanol–water partition coefficient (Wildman–Crippen LogP) is 0.886. The summed E-state index contributed by atoms with van der Waals surface area (Å²) < 4.78 is 0. The average molecular weight is 143 g/mol. The molecule has 3 N–H and O–H groups in total. The number of hydrogen-bond acceptors (Lipinski definition) is 2. The maximum Gasteiger partial charge on any atom is 0.0741 e. The van der Waals surface area contributed by atoms with E-state index in [0.717, 1.165) is 18.8 Å². The first-order valence-electron chi connectivity index (χ1n) is 4.06. The first-order valence-corrected chi connectivity index (χ1v) is 4.06. The number of nitrogens with two attached hydrogens (primary N) is 1. The lowest BCUT2D eigenvalue weighted by atomic mass is 9.99. The van der Waals surface area contributed by atoms with E-state index >= 15 is 0 Å². The molecule has 1 saturated carbocycles. The van der Waals surface area contributed by atoms with E-state index in [1.807, 2.05) is 6.92 Å². The van der Waals surface area contributed by atoms with E-state index in [0.29, 0.717) is 6.54 Å². The van der Waals surface area contributed by atoms with Crippen molar-refractivity contribution in [3.05, 3.63) is 0 Å². The predicted molar refractivity (Wildman–Crippen MR) is 41.6 cm³/mol. The molecule has 0 aromatic rings. The zero-order valence-corrected chi connectivity index (χ0v) is 6.64. The van der Waals surface area contributed by atoms with Crippen LogP contribution in [-0.4, -0.2) is 17.3 Å². The third kappa shape index (κ3) is 2.67. The van der Waals surface area contributed by atoms with Crippen molar-refractivity contribution in [2.45, 2.75) is 38.2 Å². The lowest BCUT2D eigenvalue weighted by molar-refractivity contribution is 0.0563. The second-order valence-corrected chi connectivity index (χ2v) is 3.68. The van der Waals surface area contributed by atoms with Crippen LogP contribution < -0.4 is 5.73 Å². The lowest BCUT2D eigenvalue weighted by Gasteiger charge is -2.20. The average Bonchev–Trinajstić information content (AvgIpc) is 2.66. The number of rotatable bonds is 4. The molecule has 0 heterocycles. The molecule has 1 aliphatic carbocycles. The van der Waals surface area contributed by atoms with E-state index in [1.54, 1.807) is 0 Å². The molecule has 60 valence electrons. The molecule has 0 aliphatic heterocycles. The van der Waals surface area contributed by atoms with Gasteiger partial charge in [0.05, 0.1) is 5.60 Å². The van der Waals surface area contributed by atoms with Gasteiger partial charge in [-0.25, -0.2) is 0 Å². The highest BCUT2D eigenvalue weighted by molar-refractivity contribution is 4.79. The Balaban J connectivity index is 2.09. The Labute approximate surface area is 62.4 Å². The van der Waals surface area contributed by atoms with Crippen molar-refractivity contribution < 1.29 is 5.11 Å². The first kappa shape index (κ1) is 8.02. The fraction of sp³-hybridized carbons (Fsp3) is 1.00. The van der Waals surface area contributed by atoms with Gasteiger partial charge in [0.1, 0.15) is 0 Å². The molecule has 0 amide bonds. The minimum Gasteiger partial charge on any atom is -0.389 e. The van der Waals surface area contributed by atoms with Gasteiger partial charge >= 0.3 is 0 Å². The van der Waals surface area contributed by atoms with Gasteiger partial charge in [-0.05, 0) is 25.7 Å². The largest absolute Gasteiger partial charge is 0.389 e. The molecular weight excluding hydrogens is 126 g/mol. The molecule has 1 fully saturated rings. The van der Waals surface area contributed by atoms with E-state index in [4.69, 9.17) is 5.73 Å². The van der Waals surface area contributed by atoms with Crippen molar-refractivity contribution in [3.63, 3.8) is 0 Å². The van der Waals surface area contributed by atoms with Gasteiger partial charge in [0, 0.05) is 6.54 Å². The SMILES string of the molecule is CC(O)(CN)CCC1CC1. The molecule has 1 unspecified atom stereocenters. The van der Waals surface area contributed by atoms with Crippen LogP contribution in [-0.2, 0) is 0 Å². The Hall–Kier alpha value is -0.0800. The van der Waals surface area contributed by atoms with Gasteiger partial charge in [-0.2, -0.15) is 0 Å². The van der Waals surface area contributed by atoms with Crippen LogP contribution in [0.4, 0.5) is 0 Å². The van der Waals surface area contributed by atoms with E-state index in [9.17, 15) is 5.11 Å². The first-order chi connectivity index (χ1) is 4.64. The molecule has 0 aromatic carbocycles. The lowest BCUT2D eigenvalue weighted by Crippen LogP contribution is -2.33. The molecule has 2 nitrogen and oxygen atoms in total. The van der Waals surface area contributed by atoms with Crippen LogP contribution in [0.1, 0.15) is 32.6 Å². The van der Waals surface area contributed by atoms with Gasteiger partial charge in [0.25, 0.3) is 0 Å². The van der Waals surface area contributed by atoms with Crippen LogP contribution in [0, 0.1) is 5.92 Å². The molecule has 1 atom stereocenters. The second kappa shape index (κ2) is 2.89. The van der Waals surface area contributed by atoms with Gasteiger partial charge < -0.3 is 10.8 Å². The summed E-state index contributed by atoms with van der Waals surface area (Å²) in [6, 6.07) is 0. The molecule has 0 spiro atoms. The summed E-state index contributed by atoms with van der Waals surface area (Å²) in [6.45, 7) is 2.20. The monoisotopic (exact) mass is 143 g/mol. The van der Waals surface area contributed by atoms with Gasteiger partial charge in [0.2, 0.25) is 0 Å². The highest BCUT2D eigenvalue weighted by Gasteiger charge is 2.25. The summed E-state index contributed by atoms with van der Waals surface area (Å²) in [4.78, 5) is 0. The van der Waals surface area contributed by atoms with Crippen molar-refractivity contribution >= 4 is 0 Å². The minimum atomic E-state index is -0.609. The van der Waals surface area contributed by atoms with Gasteiger partial charge in [-0.15, -0.1) is 0 Å². The quantitative estimate of drug-likeness (QED) is 0.614. The maximum absolute atomic E-state index is 9.47. The number of aliphatic hydroxyl groups is 1. The zero-order valence-electron chi connectivity index (χ0n) is 6.64. The second-order valence-electron chi connectivity index (χ2n) is 3.68. The Kier molecular flexibility index (Phi) is 2.32. The van der Waals surface area contributed by atoms with E-state index in [2.05, 4.69) is 0 Å². The fourth-order valence-electron chi connectivity index (χ4n) is 1.02. The van der Waals surface area contributed by atoms with Crippen molar-refractivity contribution in [1.29, 1.82) is 0 Å². The topological polar surface area (TPSA) is 46.2 Å². The summed E-state index contributed by atoms with van der Waals surface area (Å²) in [5.74, 6) is 0.901. The minimum absolute atomic E-state index is 0.389. The van der Waals surface area contributed by atoms with E-state index in [1.165, 1.54) is 12.8 Å². The van der Waals surface area contributed by atoms with Crippen molar-refractivity contribution in [3.8, 4) is 0 Å². The fourth-order valence-corrected chi connectivity index (χ4v) is 1.02. The molecule has 0 aromatic heterocycles. The Morgan fingerprint density at radius 3 is 2.60 bits per heavy atom. The van der Waals surface area contributed by atoms with Gasteiger partial charge in [-0.1, -0.05) is 12.8 Å². The summed E-state index contributed by atoms with van der Waals surface area (Å²) >= 11 is 0. The zero-order chi connectivity index (χ0) is 7.61. The molecule has 10 heavy (non-hydrogen) atoms. The van der Waals surface area contributed by atoms with E-state index < -0.39 is 5.60 Å². The van der Waals surface area contributed by atoms with Crippen LogP contribution in [0.5, 0.6) is 0 Å². The summed E-state index contributed by atoms with van der Waals surface area (Å²) in [5.41, 5.74) is 4.75. The van der Waals surface area contributed by atoms with Crippen LogP contribution in [0.15, 0.2) is 0 Å².